The van der Waals surface area contributed by atoms with Crippen LogP contribution in [0.4, 0.5) is 0 Å². The van der Waals surface area contributed by atoms with E-state index in [9.17, 15) is 0 Å². The van der Waals surface area contributed by atoms with Gasteiger partial charge in [-0.15, -0.1) is 0 Å². The molecule has 0 atom stereocenters. The van der Waals surface area contributed by atoms with E-state index < -0.39 is 0 Å². The van der Waals surface area contributed by atoms with Gasteiger partial charge < -0.3 is 5.32 Å². The van der Waals surface area contributed by atoms with Crippen LogP contribution in [0.2, 0.25) is 0 Å². The van der Waals surface area contributed by atoms with Crippen LogP contribution in [0.25, 0.3) is 0 Å². The smallest absolute Gasteiger partial charge is 0.000769 e. The monoisotopic (exact) mass is 229 g/mol. The Morgan fingerprint density at radius 2 is 1.93 bits per heavy atom. The second kappa shape index (κ2) is 7.56. The Morgan fingerprint density at radius 1 is 1.20 bits per heavy atom. The SMILES string of the molecule is CCNCC1(CCCSC)CCCCC1. The van der Waals surface area contributed by atoms with Crippen molar-refractivity contribution in [2.24, 2.45) is 5.41 Å². The molecule has 0 aromatic carbocycles. The molecule has 0 amide bonds. The van der Waals surface area contributed by atoms with Crippen molar-refractivity contribution in [1.82, 2.24) is 5.32 Å². The third-order valence-electron chi connectivity index (χ3n) is 3.72. The van der Waals surface area contributed by atoms with E-state index >= 15 is 0 Å². The fraction of sp³-hybridized carbons (Fsp3) is 1.00. The number of hydrogen-bond acceptors (Lipinski definition) is 2. The highest BCUT2D eigenvalue weighted by molar-refractivity contribution is 7.98. The molecule has 0 unspecified atom stereocenters. The molecule has 1 aliphatic carbocycles. The summed E-state index contributed by atoms with van der Waals surface area (Å²) >= 11 is 1.99. The van der Waals surface area contributed by atoms with Crippen LogP contribution in [0.15, 0.2) is 0 Å². The molecule has 0 aromatic heterocycles. The van der Waals surface area contributed by atoms with E-state index in [4.69, 9.17) is 0 Å². The Morgan fingerprint density at radius 3 is 2.53 bits per heavy atom. The fourth-order valence-corrected chi connectivity index (χ4v) is 3.23. The average molecular weight is 229 g/mol. The zero-order chi connectivity index (χ0) is 11.0. The van der Waals surface area contributed by atoms with Crippen LogP contribution in [0, 0.1) is 5.41 Å². The maximum atomic E-state index is 3.58. The van der Waals surface area contributed by atoms with Gasteiger partial charge in [-0.1, -0.05) is 26.2 Å². The van der Waals surface area contributed by atoms with E-state index in [1.54, 1.807) is 0 Å². The Labute approximate surface area is 99.8 Å². The van der Waals surface area contributed by atoms with Gasteiger partial charge in [0.25, 0.3) is 0 Å². The van der Waals surface area contributed by atoms with Gasteiger partial charge >= 0.3 is 0 Å². The van der Waals surface area contributed by atoms with Gasteiger partial charge in [0.05, 0.1) is 0 Å². The molecule has 0 radical (unpaired) electrons. The molecule has 15 heavy (non-hydrogen) atoms. The van der Waals surface area contributed by atoms with E-state index in [2.05, 4.69) is 18.5 Å². The largest absolute Gasteiger partial charge is 0.316 e. The molecule has 1 saturated carbocycles. The maximum Gasteiger partial charge on any atom is 0.000769 e. The zero-order valence-electron chi connectivity index (χ0n) is 10.5. The molecule has 1 fully saturated rings. The number of rotatable bonds is 7. The van der Waals surface area contributed by atoms with Gasteiger partial charge in [0.15, 0.2) is 0 Å². The molecule has 0 saturated heterocycles. The number of thioether (sulfide) groups is 1. The van der Waals surface area contributed by atoms with Crippen LogP contribution in [0.3, 0.4) is 0 Å². The fourth-order valence-electron chi connectivity index (χ4n) is 2.80. The quantitative estimate of drug-likeness (QED) is 0.668. The van der Waals surface area contributed by atoms with Gasteiger partial charge in [-0.3, -0.25) is 0 Å². The topological polar surface area (TPSA) is 12.0 Å². The summed E-state index contributed by atoms with van der Waals surface area (Å²) in [7, 11) is 0. The summed E-state index contributed by atoms with van der Waals surface area (Å²) in [5.41, 5.74) is 0.657. The molecular formula is C13H27NS. The first-order valence-corrected chi connectivity index (χ1v) is 7.92. The van der Waals surface area contributed by atoms with Crippen LogP contribution in [0.1, 0.15) is 51.9 Å². The van der Waals surface area contributed by atoms with Gasteiger partial charge in [-0.2, -0.15) is 11.8 Å². The standard InChI is InChI=1S/C13H27NS/c1-3-14-12-13(10-7-11-15-2)8-5-4-6-9-13/h14H,3-12H2,1-2H3. The molecule has 90 valence electrons. The molecule has 0 aromatic rings. The zero-order valence-corrected chi connectivity index (χ0v) is 11.3. The predicted octanol–water partition coefficient (Wildman–Crippen LogP) is 3.69. The van der Waals surface area contributed by atoms with Gasteiger partial charge in [0, 0.05) is 6.54 Å². The number of nitrogens with one attached hydrogen (secondary N) is 1. The molecular weight excluding hydrogens is 202 g/mol. The van der Waals surface area contributed by atoms with Gasteiger partial charge in [-0.05, 0) is 49.7 Å². The Kier molecular flexibility index (Phi) is 6.74. The molecule has 2 heteroatoms. The lowest BCUT2D eigenvalue weighted by molar-refractivity contribution is 0.167. The van der Waals surface area contributed by atoms with Gasteiger partial charge in [0.2, 0.25) is 0 Å². The van der Waals surface area contributed by atoms with Crippen molar-refractivity contribution in [3.8, 4) is 0 Å². The Balaban J connectivity index is 2.35. The predicted molar refractivity (Wildman–Crippen MR) is 71.7 cm³/mol. The molecule has 1 aliphatic rings. The summed E-state index contributed by atoms with van der Waals surface area (Å²) in [6, 6.07) is 0. The highest BCUT2D eigenvalue weighted by Crippen LogP contribution is 2.39. The molecule has 1 N–H and O–H groups in total. The van der Waals surface area contributed by atoms with E-state index in [1.807, 2.05) is 11.8 Å². The van der Waals surface area contributed by atoms with E-state index in [0.29, 0.717) is 5.41 Å². The number of hydrogen-bond donors (Lipinski definition) is 1. The maximum absolute atomic E-state index is 3.58. The van der Waals surface area contributed by atoms with E-state index in [-0.39, 0.29) is 0 Å². The second-order valence-corrected chi connectivity index (χ2v) is 5.92. The van der Waals surface area contributed by atoms with Crippen molar-refractivity contribution in [2.45, 2.75) is 51.9 Å². The molecule has 0 aliphatic heterocycles. The molecule has 0 bridgehead atoms. The van der Waals surface area contributed by atoms with Crippen LogP contribution in [0.5, 0.6) is 0 Å². The summed E-state index contributed by atoms with van der Waals surface area (Å²) in [5.74, 6) is 1.34. The summed E-state index contributed by atoms with van der Waals surface area (Å²) in [6.07, 6.45) is 12.4. The first kappa shape index (κ1) is 13.4. The molecule has 1 rings (SSSR count). The minimum absolute atomic E-state index is 0.657. The van der Waals surface area contributed by atoms with E-state index in [1.165, 1.54) is 57.2 Å². The Hall–Kier alpha value is 0.310. The average Bonchev–Trinajstić information content (AvgIpc) is 2.28. The minimum atomic E-state index is 0.657. The summed E-state index contributed by atoms with van der Waals surface area (Å²) in [5, 5.41) is 3.58. The Bertz CT molecular complexity index is 153. The van der Waals surface area contributed by atoms with Crippen LogP contribution >= 0.6 is 11.8 Å². The molecule has 0 spiro atoms. The van der Waals surface area contributed by atoms with Crippen LogP contribution < -0.4 is 5.32 Å². The summed E-state index contributed by atoms with van der Waals surface area (Å²) in [4.78, 5) is 0. The van der Waals surface area contributed by atoms with Crippen molar-refractivity contribution in [3.63, 3.8) is 0 Å². The molecule has 1 nitrogen and oxygen atoms in total. The van der Waals surface area contributed by atoms with Crippen molar-refractivity contribution in [1.29, 1.82) is 0 Å². The summed E-state index contributed by atoms with van der Waals surface area (Å²) < 4.78 is 0. The summed E-state index contributed by atoms with van der Waals surface area (Å²) in [6.45, 7) is 4.61. The van der Waals surface area contributed by atoms with Crippen molar-refractivity contribution in [2.75, 3.05) is 25.1 Å². The lowest BCUT2D eigenvalue weighted by Gasteiger charge is -2.37. The lowest BCUT2D eigenvalue weighted by atomic mass is 9.71. The van der Waals surface area contributed by atoms with Crippen LogP contribution in [-0.2, 0) is 0 Å². The first-order valence-electron chi connectivity index (χ1n) is 6.53. The highest BCUT2D eigenvalue weighted by Gasteiger charge is 2.30. The van der Waals surface area contributed by atoms with Gasteiger partial charge in [0.1, 0.15) is 0 Å². The minimum Gasteiger partial charge on any atom is -0.316 e. The second-order valence-electron chi connectivity index (χ2n) is 4.94. The lowest BCUT2D eigenvalue weighted by Crippen LogP contribution is -2.36. The normalized spacial score (nSPS) is 20.4. The van der Waals surface area contributed by atoms with Crippen molar-refractivity contribution < 1.29 is 0 Å². The van der Waals surface area contributed by atoms with E-state index in [0.717, 1.165) is 6.54 Å². The highest BCUT2D eigenvalue weighted by atomic mass is 32.2. The third kappa shape index (κ3) is 4.78. The van der Waals surface area contributed by atoms with Crippen molar-refractivity contribution in [3.05, 3.63) is 0 Å². The van der Waals surface area contributed by atoms with Crippen molar-refractivity contribution >= 4 is 11.8 Å². The third-order valence-corrected chi connectivity index (χ3v) is 4.42. The first-order chi connectivity index (χ1) is 7.33. The molecule has 0 heterocycles. The van der Waals surface area contributed by atoms with Gasteiger partial charge in [-0.25, -0.2) is 0 Å². The van der Waals surface area contributed by atoms with Crippen LogP contribution in [-0.4, -0.2) is 25.1 Å².